The molecule has 3 rings (SSSR count). The van der Waals surface area contributed by atoms with Gasteiger partial charge in [0.05, 0.1) is 19.0 Å². The lowest BCUT2D eigenvalue weighted by molar-refractivity contribution is 0.415. The molecule has 0 aliphatic heterocycles. The number of nitrogens with zero attached hydrogens (tertiary/aromatic N) is 1. The van der Waals surface area contributed by atoms with Gasteiger partial charge in [0.2, 0.25) is 0 Å². The molecule has 24 heavy (non-hydrogen) atoms. The van der Waals surface area contributed by atoms with Crippen LogP contribution in [0.15, 0.2) is 77.9 Å². The molecule has 3 nitrogen and oxygen atoms in total. The van der Waals surface area contributed by atoms with E-state index in [4.69, 9.17) is 4.74 Å². The van der Waals surface area contributed by atoms with Gasteiger partial charge in [-0.25, -0.2) is 4.39 Å². The van der Waals surface area contributed by atoms with Crippen LogP contribution in [0.4, 0.5) is 10.1 Å². The first-order chi connectivity index (χ1) is 11.8. The molecule has 0 unspecified atom stereocenters. The molecule has 3 aromatic rings. The third-order valence-corrected chi connectivity index (χ3v) is 3.56. The summed E-state index contributed by atoms with van der Waals surface area (Å²) in [5.41, 5.74) is 6.45. The highest BCUT2D eigenvalue weighted by atomic mass is 19.1. The smallest absolute Gasteiger partial charge is 0.126 e. The molecule has 3 aromatic carbocycles. The normalized spacial score (nSPS) is 10.8. The largest absolute Gasteiger partial charge is 0.496 e. The Labute approximate surface area is 140 Å². The van der Waals surface area contributed by atoms with Crippen molar-refractivity contribution < 1.29 is 9.13 Å². The minimum absolute atomic E-state index is 0.288. The van der Waals surface area contributed by atoms with Crippen LogP contribution in [-0.2, 0) is 0 Å². The SMILES string of the molecule is COc1ccc(F)cc1-c1ccc(C=NNc2ccccc2)cc1. The minimum Gasteiger partial charge on any atom is -0.496 e. The highest BCUT2D eigenvalue weighted by Crippen LogP contribution is 2.30. The van der Waals surface area contributed by atoms with E-state index in [2.05, 4.69) is 10.5 Å². The van der Waals surface area contributed by atoms with Gasteiger partial charge in [0, 0.05) is 5.56 Å². The number of para-hydroxylation sites is 1. The van der Waals surface area contributed by atoms with Gasteiger partial charge in [-0.1, -0.05) is 42.5 Å². The Bertz CT molecular complexity index is 830. The van der Waals surface area contributed by atoms with Gasteiger partial charge in [-0.3, -0.25) is 5.43 Å². The Kier molecular flexibility index (Phi) is 4.87. The Morgan fingerprint density at radius 2 is 1.71 bits per heavy atom. The van der Waals surface area contributed by atoms with Gasteiger partial charge in [0.15, 0.2) is 0 Å². The lowest BCUT2D eigenvalue weighted by atomic mass is 10.0. The highest BCUT2D eigenvalue weighted by molar-refractivity contribution is 5.82. The maximum atomic E-state index is 13.5. The van der Waals surface area contributed by atoms with E-state index in [0.717, 1.165) is 22.4 Å². The summed E-state index contributed by atoms with van der Waals surface area (Å²) in [4.78, 5) is 0. The molecule has 0 aliphatic rings. The van der Waals surface area contributed by atoms with Crippen LogP contribution >= 0.6 is 0 Å². The van der Waals surface area contributed by atoms with Crippen LogP contribution < -0.4 is 10.2 Å². The number of nitrogens with one attached hydrogen (secondary N) is 1. The van der Waals surface area contributed by atoms with Gasteiger partial charge >= 0.3 is 0 Å². The second-order valence-corrected chi connectivity index (χ2v) is 5.20. The topological polar surface area (TPSA) is 33.6 Å². The van der Waals surface area contributed by atoms with E-state index in [9.17, 15) is 4.39 Å². The van der Waals surface area contributed by atoms with Gasteiger partial charge in [-0.05, 0) is 41.5 Å². The van der Waals surface area contributed by atoms with E-state index in [1.54, 1.807) is 19.4 Å². The average Bonchev–Trinajstić information content (AvgIpc) is 2.63. The third kappa shape index (κ3) is 3.79. The second kappa shape index (κ2) is 7.42. The Morgan fingerprint density at radius 1 is 0.958 bits per heavy atom. The average molecular weight is 320 g/mol. The summed E-state index contributed by atoms with van der Waals surface area (Å²) in [6.07, 6.45) is 1.74. The predicted octanol–water partition coefficient (Wildman–Crippen LogP) is 4.95. The Balaban J connectivity index is 1.75. The molecule has 0 fully saturated rings. The number of anilines is 1. The molecular weight excluding hydrogens is 303 g/mol. The van der Waals surface area contributed by atoms with Gasteiger partial charge in [0.1, 0.15) is 11.6 Å². The summed E-state index contributed by atoms with van der Waals surface area (Å²) in [6.45, 7) is 0. The number of halogens is 1. The van der Waals surface area contributed by atoms with Crippen molar-refractivity contribution in [2.75, 3.05) is 12.5 Å². The zero-order valence-electron chi connectivity index (χ0n) is 13.2. The molecule has 4 heteroatoms. The fourth-order valence-corrected chi connectivity index (χ4v) is 2.35. The number of benzene rings is 3. The van der Waals surface area contributed by atoms with E-state index in [0.29, 0.717) is 5.75 Å². The van der Waals surface area contributed by atoms with Gasteiger partial charge in [-0.2, -0.15) is 5.10 Å². The van der Waals surface area contributed by atoms with Crippen LogP contribution in [0.3, 0.4) is 0 Å². The van der Waals surface area contributed by atoms with Crippen LogP contribution in [-0.4, -0.2) is 13.3 Å². The fraction of sp³-hybridized carbons (Fsp3) is 0.0500. The van der Waals surface area contributed by atoms with E-state index in [1.165, 1.54) is 12.1 Å². The zero-order valence-corrected chi connectivity index (χ0v) is 13.2. The molecule has 120 valence electrons. The van der Waals surface area contributed by atoms with Crippen LogP contribution in [0.2, 0.25) is 0 Å². The molecule has 0 saturated heterocycles. The summed E-state index contributed by atoms with van der Waals surface area (Å²) in [7, 11) is 1.58. The van der Waals surface area contributed by atoms with E-state index >= 15 is 0 Å². The van der Waals surface area contributed by atoms with Crippen molar-refractivity contribution in [3.05, 3.63) is 84.2 Å². The number of hydrogen-bond donors (Lipinski definition) is 1. The first-order valence-corrected chi connectivity index (χ1v) is 7.54. The summed E-state index contributed by atoms with van der Waals surface area (Å²) in [6, 6.07) is 21.9. The second-order valence-electron chi connectivity index (χ2n) is 5.20. The van der Waals surface area contributed by atoms with Crippen molar-refractivity contribution in [3.63, 3.8) is 0 Å². The molecule has 0 amide bonds. The molecule has 0 spiro atoms. The molecule has 0 radical (unpaired) electrons. The quantitative estimate of drug-likeness (QED) is 0.533. The molecule has 0 heterocycles. The number of hydrogen-bond acceptors (Lipinski definition) is 3. The highest BCUT2D eigenvalue weighted by Gasteiger charge is 2.07. The maximum absolute atomic E-state index is 13.5. The predicted molar refractivity (Wildman–Crippen MR) is 96.0 cm³/mol. The first kappa shape index (κ1) is 15.7. The molecule has 0 aliphatic carbocycles. The molecular formula is C20H17FN2O. The van der Waals surface area contributed by atoms with Crippen molar-refractivity contribution >= 4 is 11.9 Å². The van der Waals surface area contributed by atoms with E-state index in [1.807, 2.05) is 54.6 Å². The van der Waals surface area contributed by atoms with E-state index in [-0.39, 0.29) is 5.82 Å². The molecule has 0 atom stereocenters. The zero-order chi connectivity index (χ0) is 16.8. The van der Waals surface area contributed by atoms with Crippen LogP contribution in [0.5, 0.6) is 5.75 Å². The number of rotatable bonds is 5. The Hall–Kier alpha value is -3.14. The number of ether oxygens (including phenoxy) is 1. The summed E-state index contributed by atoms with van der Waals surface area (Å²) < 4.78 is 18.8. The standard InChI is InChI=1S/C20H17FN2O/c1-24-20-12-11-17(21)13-19(20)16-9-7-15(8-10-16)14-22-23-18-5-3-2-4-6-18/h2-14,23H,1H3. The summed E-state index contributed by atoms with van der Waals surface area (Å²) >= 11 is 0. The van der Waals surface area contributed by atoms with Crippen molar-refractivity contribution in [1.29, 1.82) is 0 Å². The van der Waals surface area contributed by atoms with Crippen molar-refractivity contribution in [3.8, 4) is 16.9 Å². The maximum Gasteiger partial charge on any atom is 0.126 e. The molecule has 0 bridgehead atoms. The number of hydrazone groups is 1. The fourth-order valence-electron chi connectivity index (χ4n) is 2.35. The van der Waals surface area contributed by atoms with E-state index < -0.39 is 0 Å². The first-order valence-electron chi connectivity index (χ1n) is 7.54. The van der Waals surface area contributed by atoms with Crippen LogP contribution in [0.1, 0.15) is 5.56 Å². The van der Waals surface area contributed by atoms with Gasteiger partial charge in [-0.15, -0.1) is 0 Å². The van der Waals surface area contributed by atoms with Gasteiger partial charge in [0.25, 0.3) is 0 Å². The van der Waals surface area contributed by atoms with Crippen LogP contribution in [0, 0.1) is 5.82 Å². The minimum atomic E-state index is -0.288. The van der Waals surface area contributed by atoms with Crippen LogP contribution in [0.25, 0.3) is 11.1 Å². The monoisotopic (exact) mass is 320 g/mol. The lowest BCUT2D eigenvalue weighted by Crippen LogP contribution is -1.91. The molecule has 0 aromatic heterocycles. The van der Waals surface area contributed by atoms with Crippen molar-refractivity contribution in [1.82, 2.24) is 0 Å². The lowest BCUT2D eigenvalue weighted by Gasteiger charge is -2.09. The molecule has 0 saturated carbocycles. The summed E-state index contributed by atoms with van der Waals surface area (Å²) in [5, 5.41) is 4.20. The molecule has 1 N–H and O–H groups in total. The van der Waals surface area contributed by atoms with Gasteiger partial charge < -0.3 is 4.74 Å². The van der Waals surface area contributed by atoms with Crippen molar-refractivity contribution in [2.45, 2.75) is 0 Å². The Morgan fingerprint density at radius 3 is 2.42 bits per heavy atom. The third-order valence-electron chi connectivity index (χ3n) is 3.56. The number of methoxy groups -OCH3 is 1. The summed E-state index contributed by atoms with van der Waals surface area (Å²) in [5.74, 6) is 0.354. The van der Waals surface area contributed by atoms with Crippen molar-refractivity contribution in [2.24, 2.45) is 5.10 Å².